The second-order valence-corrected chi connectivity index (χ2v) is 7.50. The predicted octanol–water partition coefficient (Wildman–Crippen LogP) is 5.14. The maximum Gasteiger partial charge on any atom is 0.433 e. The summed E-state index contributed by atoms with van der Waals surface area (Å²) in [6.07, 6.45) is -3.48. The zero-order valence-electron chi connectivity index (χ0n) is 15.6. The van der Waals surface area contributed by atoms with Crippen molar-refractivity contribution in [2.45, 2.75) is 31.6 Å². The number of nitrogens with one attached hydrogen (secondary N) is 1. The number of thioether (sulfide) groups is 1. The Kier molecular flexibility index (Phi) is 6.07. The molecule has 2 aromatic heterocycles. The van der Waals surface area contributed by atoms with Gasteiger partial charge in [0.15, 0.2) is 0 Å². The van der Waals surface area contributed by atoms with E-state index < -0.39 is 17.8 Å². The molecule has 1 aromatic carbocycles. The van der Waals surface area contributed by atoms with E-state index in [0.717, 1.165) is 12.3 Å². The van der Waals surface area contributed by atoms with Crippen molar-refractivity contribution < 1.29 is 22.4 Å². The molecule has 1 amide bonds. The topological polar surface area (TPSA) is 54.9 Å². The number of fused-ring (bicyclic) bond motifs is 1. The van der Waals surface area contributed by atoms with Crippen LogP contribution in [0.2, 0.25) is 0 Å². The van der Waals surface area contributed by atoms with Crippen LogP contribution in [-0.2, 0) is 12.7 Å². The molecule has 0 aliphatic carbocycles. The lowest BCUT2D eigenvalue weighted by molar-refractivity contribution is -0.141. The summed E-state index contributed by atoms with van der Waals surface area (Å²) in [6.45, 7) is 3.70. The molecule has 4 nitrogen and oxygen atoms in total. The number of halogens is 4. The average Bonchev–Trinajstić information content (AvgIpc) is 2.66. The Balaban J connectivity index is 1.98. The van der Waals surface area contributed by atoms with Gasteiger partial charge in [0.25, 0.3) is 5.91 Å². The molecule has 3 aromatic rings. The molecular formula is C20H17F4N3OS. The summed E-state index contributed by atoms with van der Waals surface area (Å²) in [4.78, 5) is 20.6. The van der Waals surface area contributed by atoms with Crippen molar-refractivity contribution in [2.24, 2.45) is 0 Å². The van der Waals surface area contributed by atoms with Crippen molar-refractivity contribution in [1.29, 1.82) is 0 Å². The van der Waals surface area contributed by atoms with E-state index in [2.05, 4.69) is 15.3 Å². The Morgan fingerprint density at radius 1 is 1.21 bits per heavy atom. The molecule has 0 unspecified atom stereocenters. The zero-order valence-corrected chi connectivity index (χ0v) is 16.4. The lowest BCUT2D eigenvalue weighted by Crippen LogP contribution is -2.25. The fourth-order valence-electron chi connectivity index (χ4n) is 2.82. The number of aromatic nitrogens is 2. The summed E-state index contributed by atoms with van der Waals surface area (Å²) in [6, 6.07) is 6.61. The first kappa shape index (κ1) is 21.0. The monoisotopic (exact) mass is 423 g/mol. The highest BCUT2D eigenvalue weighted by molar-refractivity contribution is 7.99. The van der Waals surface area contributed by atoms with Gasteiger partial charge in [0, 0.05) is 18.1 Å². The van der Waals surface area contributed by atoms with Crippen LogP contribution in [0.5, 0.6) is 0 Å². The highest BCUT2D eigenvalue weighted by atomic mass is 32.2. The van der Waals surface area contributed by atoms with Crippen molar-refractivity contribution in [3.63, 3.8) is 0 Å². The van der Waals surface area contributed by atoms with Crippen molar-refractivity contribution >= 4 is 28.6 Å². The highest BCUT2D eigenvalue weighted by Crippen LogP contribution is 2.33. The minimum atomic E-state index is -4.58. The maximum absolute atomic E-state index is 13.0. The van der Waals surface area contributed by atoms with E-state index in [0.29, 0.717) is 32.9 Å². The molecule has 3 rings (SSSR count). The summed E-state index contributed by atoms with van der Waals surface area (Å²) < 4.78 is 51.9. The van der Waals surface area contributed by atoms with E-state index in [1.807, 2.05) is 6.92 Å². The quantitative estimate of drug-likeness (QED) is 0.456. The number of rotatable bonds is 5. The van der Waals surface area contributed by atoms with Gasteiger partial charge >= 0.3 is 6.18 Å². The van der Waals surface area contributed by atoms with Crippen LogP contribution in [-0.4, -0.2) is 21.6 Å². The maximum atomic E-state index is 13.0. The van der Waals surface area contributed by atoms with E-state index in [-0.39, 0.29) is 17.9 Å². The van der Waals surface area contributed by atoms with Gasteiger partial charge in [-0.1, -0.05) is 19.1 Å². The number of benzene rings is 1. The number of hydrogen-bond acceptors (Lipinski definition) is 4. The first-order chi connectivity index (χ1) is 13.7. The lowest BCUT2D eigenvalue weighted by Gasteiger charge is -2.15. The average molecular weight is 423 g/mol. The third-order valence-corrected chi connectivity index (χ3v) is 5.12. The van der Waals surface area contributed by atoms with Crippen molar-refractivity contribution in [3.8, 4) is 0 Å². The molecule has 0 aliphatic heterocycles. The van der Waals surface area contributed by atoms with Gasteiger partial charge in [-0.25, -0.2) is 9.37 Å². The number of pyridine rings is 2. The molecule has 0 bridgehead atoms. The third-order valence-electron chi connectivity index (χ3n) is 4.26. The SMILES string of the molecule is CCSc1nc2cc(C(F)(F)F)ncc2c(C)c1C(=O)NCc1ccc(F)cc1. The second kappa shape index (κ2) is 8.36. The number of nitrogens with zero attached hydrogens (tertiary/aromatic N) is 2. The first-order valence-corrected chi connectivity index (χ1v) is 9.72. The highest BCUT2D eigenvalue weighted by Gasteiger charge is 2.33. The molecule has 1 N–H and O–H groups in total. The van der Waals surface area contributed by atoms with Gasteiger partial charge < -0.3 is 5.32 Å². The number of aryl methyl sites for hydroxylation is 1. The molecule has 0 saturated carbocycles. The van der Waals surface area contributed by atoms with Gasteiger partial charge in [0.05, 0.1) is 11.1 Å². The van der Waals surface area contributed by atoms with Crippen LogP contribution in [0.25, 0.3) is 10.9 Å². The Morgan fingerprint density at radius 3 is 2.52 bits per heavy atom. The van der Waals surface area contributed by atoms with E-state index in [9.17, 15) is 22.4 Å². The van der Waals surface area contributed by atoms with Gasteiger partial charge in [-0.15, -0.1) is 11.8 Å². The normalized spacial score (nSPS) is 11.7. The summed E-state index contributed by atoms with van der Waals surface area (Å²) in [5.74, 6) is -0.188. The van der Waals surface area contributed by atoms with E-state index in [1.165, 1.54) is 23.9 Å². The number of hydrogen-bond donors (Lipinski definition) is 1. The molecule has 0 aliphatic rings. The lowest BCUT2D eigenvalue weighted by atomic mass is 10.1. The molecule has 152 valence electrons. The van der Waals surface area contributed by atoms with Gasteiger partial charge in [-0.2, -0.15) is 13.2 Å². The van der Waals surface area contributed by atoms with Crippen molar-refractivity contribution in [1.82, 2.24) is 15.3 Å². The summed E-state index contributed by atoms with van der Waals surface area (Å²) in [5.41, 5.74) is 0.623. The molecule has 0 saturated heterocycles. The Labute approximate surface area is 168 Å². The van der Waals surface area contributed by atoms with Crippen molar-refractivity contribution in [3.05, 3.63) is 64.7 Å². The van der Waals surface area contributed by atoms with Crippen LogP contribution in [0.15, 0.2) is 41.6 Å². The fraction of sp³-hybridized carbons (Fsp3) is 0.250. The molecule has 0 radical (unpaired) electrons. The van der Waals surface area contributed by atoms with Crippen LogP contribution in [0.3, 0.4) is 0 Å². The molecule has 29 heavy (non-hydrogen) atoms. The Hall–Kier alpha value is -2.68. The number of carbonyl (C=O) groups is 1. The summed E-state index contributed by atoms with van der Waals surface area (Å²) in [7, 11) is 0. The zero-order chi connectivity index (χ0) is 21.2. The molecule has 0 fully saturated rings. The molecule has 0 atom stereocenters. The van der Waals surface area contributed by atoms with Crippen LogP contribution in [0.1, 0.15) is 34.1 Å². The minimum absolute atomic E-state index is 0.135. The smallest absolute Gasteiger partial charge is 0.348 e. The van der Waals surface area contributed by atoms with Crippen LogP contribution >= 0.6 is 11.8 Å². The van der Waals surface area contributed by atoms with E-state index in [4.69, 9.17) is 0 Å². The molecule has 9 heteroatoms. The van der Waals surface area contributed by atoms with Crippen LogP contribution in [0, 0.1) is 12.7 Å². The van der Waals surface area contributed by atoms with Crippen LogP contribution in [0.4, 0.5) is 17.6 Å². The molecule has 0 spiro atoms. The van der Waals surface area contributed by atoms with Crippen LogP contribution < -0.4 is 5.32 Å². The summed E-state index contributed by atoms with van der Waals surface area (Å²) >= 11 is 1.27. The summed E-state index contributed by atoms with van der Waals surface area (Å²) in [5, 5.41) is 3.49. The number of alkyl halides is 3. The fourth-order valence-corrected chi connectivity index (χ4v) is 3.65. The van der Waals surface area contributed by atoms with Gasteiger partial charge in [0.1, 0.15) is 16.5 Å². The number of amides is 1. The standard InChI is InChI=1S/C20H17F4N3OS/c1-3-29-19-17(18(28)26-9-12-4-6-13(21)7-5-12)11(2)14-10-25-16(20(22,23)24)8-15(14)27-19/h4-8,10H,3,9H2,1-2H3,(H,26,28). The van der Waals surface area contributed by atoms with Gasteiger partial charge in [-0.05, 0) is 42.0 Å². The largest absolute Gasteiger partial charge is 0.433 e. The second-order valence-electron chi connectivity index (χ2n) is 6.24. The Bertz CT molecular complexity index is 1050. The van der Waals surface area contributed by atoms with Gasteiger partial charge in [0.2, 0.25) is 0 Å². The predicted molar refractivity (Wildman–Crippen MR) is 103 cm³/mol. The molecule has 2 heterocycles. The third kappa shape index (κ3) is 4.67. The molecular weight excluding hydrogens is 406 g/mol. The van der Waals surface area contributed by atoms with Crippen molar-refractivity contribution in [2.75, 3.05) is 5.75 Å². The van der Waals surface area contributed by atoms with E-state index >= 15 is 0 Å². The van der Waals surface area contributed by atoms with Gasteiger partial charge in [-0.3, -0.25) is 9.78 Å². The number of carbonyl (C=O) groups excluding carboxylic acids is 1. The Morgan fingerprint density at radius 2 is 1.90 bits per heavy atom. The van der Waals surface area contributed by atoms with E-state index in [1.54, 1.807) is 19.1 Å². The minimum Gasteiger partial charge on any atom is -0.348 e. The first-order valence-electron chi connectivity index (χ1n) is 8.73.